The molecule has 1 aliphatic carbocycles. The van der Waals surface area contributed by atoms with E-state index in [1.165, 1.54) is 24.3 Å². The minimum atomic E-state index is -3.32. The number of amides is 2. The fourth-order valence-electron chi connectivity index (χ4n) is 5.05. The van der Waals surface area contributed by atoms with Gasteiger partial charge in [-0.2, -0.15) is 0 Å². The summed E-state index contributed by atoms with van der Waals surface area (Å²) in [6, 6.07) is 12.5. The van der Waals surface area contributed by atoms with E-state index in [1.807, 2.05) is 0 Å². The number of carbonyl (C=O) groups excluding carboxylic acids is 2. The molecule has 3 heterocycles. The highest BCUT2D eigenvalue weighted by Crippen LogP contribution is 2.58. The van der Waals surface area contributed by atoms with Gasteiger partial charge in [-0.15, -0.1) is 0 Å². The molecule has 1 saturated carbocycles. The van der Waals surface area contributed by atoms with Crippen LogP contribution in [0.25, 0.3) is 10.8 Å². The molecule has 9 nitrogen and oxygen atoms in total. The van der Waals surface area contributed by atoms with Crippen molar-refractivity contribution in [1.29, 1.82) is 0 Å². The van der Waals surface area contributed by atoms with Crippen molar-refractivity contribution >= 4 is 49.8 Å². The third-order valence-electron chi connectivity index (χ3n) is 7.30. The third-order valence-corrected chi connectivity index (χ3v) is 8.43. The van der Waals surface area contributed by atoms with E-state index in [1.54, 1.807) is 57.4 Å². The predicted octanol–water partition coefficient (Wildman–Crippen LogP) is 5.63. The Bertz CT molecular complexity index is 2000. The standard InChI is InChI=1S/C32H27FN4O5S/c1-31(2,3)42-30(39)37-27-15-19(25(33)17-24(27)32(12-13-32)29(37)38)5-10-26-23-16-28(35-18-20(23)11-14-34-26)36-21-6-8-22(9-7-21)43(4,40)41/h6-9,11,14-18H,12-13H2,1-4H3,(H,35,36). The molecule has 1 spiro atoms. The van der Waals surface area contributed by atoms with Crippen LogP contribution in [-0.2, 0) is 24.8 Å². The Balaban J connectivity index is 1.34. The molecule has 2 aromatic heterocycles. The first-order valence-electron chi connectivity index (χ1n) is 13.5. The molecule has 11 heteroatoms. The lowest BCUT2D eigenvalue weighted by Gasteiger charge is -2.24. The molecule has 0 saturated heterocycles. The Kier molecular flexibility index (Phi) is 6.50. The van der Waals surface area contributed by atoms with Crippen molar-refractivity contribution in [3.63, 3.8) is 0 Å². The summed E-state index contributed by atoms with van der Waals surface area (Å²) < 4.78 is 44.3. The first kappa shape index (κ1) is 28.3. The highest BCUT2D eigenvalue weighted by atomic mass is 32.2. The van der Waals surface area contributed by atoms with E-state index < -0.39 is 38.7 Å². The zero-order valence-electron chi connectivity index (χ0n) is 23.9. The largest absolute Gasteiger partial charge is 0.443 e. The number of aromatic nitrogens is 2. The summed E-state index contributed by atoms with van der Waals surface area (Å²) in [5.74, 6) is 5.24. The molecule has 6 rings (SSSR count). The van der Waals surface area contributed by atoms with Crippen LogP contribution in [0.1, 0.15) is 50.4 Å². The number of nitrogens with one attached hydrogen (secondary N) is 1. The maximum absolute atomic E-state index is 15.3. The molecule has 2 amide bonds. The van der Waals surface area contributed by atoms with Crippen molar-refractivity contribution in [3.05, 3.63) is 83.6 Å². The van der Waals surface area contributed by atoms with E-state index in [-0.39, 0.29) is 16.1 Å². The lowest BCUT2D eigenvalue weighted by atomic mass is 9.96. The van der Waals surface area contributed by atoms with Gasteiger partial charge in [0.1, 0.15) is 22.9 Å². The monoisotopic (exact) mass is 598 g/mol. The lowest BCUT2D eigenvalue weighted by molar-refractivity contribution is -0.120. The summed E-state index contributed by atoms with van der Waals surface area (Å²) in [6.45, 7) is 5.13. The van der Waals surface area contributed by atoms with Crippen LogP contribution in [0.3, 0.4) is 0 Å². The number of fused-ring (bicyclic) bond motifs is 3. The fraction of sp³-hybridized carbons (Fsp3) is 0.250. The van der Waals surface area contributed by atoms with Crippen LogP contribution in [0.5, 0.6) is 0 Å². The van der Waals surface area contributed by atoms with E-state index in [9.17, 15) is 18.0 Å². The molecular formula is C32H27FN4O5S. The van der Waals surface area contributed by atoms with E-state index in [0.717, 1.165) is 16.5 Å². The molecule has 43 heavy (non-hydrogen) atoms. The topological polar surface area (TPSA) is 119 Å². The maximum Gasteiger partial charge on any atom is 0.421 e. The Morgan fingerprint density at radius 1 is 1.07 bits per heavy atom. The van der Waals surface area contributed by atoms with Gasteiger partial charge in [0.2, 0.25) is 5.91 Å². The molecule has 0 radical (unpaired) electrons. The van der Waals surface area contributed by atoms with Crippen LogP contribution in [0.2, 0.25) is 0 Å². The summed E-state index contributed by atoms with van der Waals surface area (Å²) in [5.41, 5.74) is 0.0591. The van der Waals surface area contributed by atoms with Gasteiger partial charge in [-0.1, -0.05) is 5.92 Å². The summed E-state index contributed by atoms with van der Waals surface area (Å²) in [5, 5.41) is 4.55. The molecule has 218 valence electrons. The van der Waals surface area contributed by atoms with E-state index >= 15 is 4.39 Å². The van der Waals surface area contributed by atoms with Gasteiger partial charge >= 0.3 is 6.09 Å². The second-order valence-electron chi connectivity index (χ2n) is 11.7. The van der Waals surface area contributed by atoms with Crippen LogP contribution in [0.15, 0.2) is 65.8 Å². The number of imide groups is 1. The highest BCUT2D eigenvalue weighted by Gasteiger charge is 2.61. The lowest BCUT2D eigenvalue weighted by Crippen LogP contribution is -2.41. The maximum atomic E-state index is 15.3. The molecule has 2 aromatic carbocycles. The minimum Gasteiger partial charge on any atom is -0.443 e. The van der Waals surface area contributed by atoms with Crippen molar-refractivity contribution < 1.29 is 27.1 Å². The quantitative estimate of drug-likeness (QED) is 0.302. The Morgan fingerprint density at radius 3 is 2.44 bits per heavy atom. The number of sulfone groups is 1. The fourth-order valence-corrected chi connectivity index (χ4v) is 5.69. The Morgan fingerprint density at radius 2 is 1.79 bits per heavy atom. The van der Waals surface area contributed by atoms with Crippen LogP contribution in [0.4, 0.5) is 26.4 Å². The van der Waals surface area contributed by atoms with Crippen LogP contribution >= 0.6 is 0 Å². The second kappa shape index (κ2) is 9.88. The number of pyridine rings is 2. The number of halogens is 1. The van der Waals surface area contributed by atoms with Gasteiger partial charge in [-0.3, -0.25) is 4.79 Å². The number of ether oxygens (including phenoxy) is 1. The van der Waals surface area contributed by atoms with Gasteiger partial charge in [-0.25, -0.2) is 32.5 Å². The number of hydrogen-bond acceptors (Lipinski definition) is 8. The number of anilines is 3. The normalized spacial score (nSPS) is 15.2. The van der Waals surface area contributed by atoms with E-state index in [2.05, 4.69) is 27.1 Å². The van der Waals surface area contributed by atoms with Crippen molar-refractivity contribution in [2.24, 2.45) is 0 Å². The molecule has 0 unspecified atom stereocenters. The molecule has 1 N–H and O–H groups in total. The van der Waals surface area contributed by atoms with Crippen molar-refractivity contribution in [1.82, 2.24) is 9.97 Å². The van der Waals surface area contributed by atoms with Crippen molar-refractivity contribution in [2.75, 3.05) is 16.5 Å². The number of hydrogen-bond donors (Lipinski definition) is 1. The zero-order valence-corrected chi connectivity index (χ0v) is 24.7. The van der Waals surface area contributed by atoms with Gasteiger partial charge in [0, 0.05) is 35.1 Å². The smallest absolute Gasteiger partial charge is 0.421 e. The highest BCUT2D eigenvalue weighted by molar-refractivity contribution is 7.90. The van der Waals surface area contributed by atoms with Crippen LogP contribution in [0, 0.1) is 17.7 Å². The molecule has 0 bridgehead atoms. The molecule has 1 aliphatic heterocycles. The van der Waals surface area contributed by atoms with Gasteiger partial charge in [0.15, 0.2) is 9.84 Å². The molecule has 1 fully saturated rings. The average molecular weight is 599 g/mol. The Labute approximate surface area is 248 Å². The van der Waals surface area contributed by atoms with Gasteiger partial charge in [-0.05, 0) is 93.6 Å². The Hall–Kier alpha value is -4.82. The SMILES string of the molecule is CC(C)(C)OC(=O)N1C(=O)C2(CC2)c2cc(F)c(C#Cc3nccc4cnc(Nc5ccc(S(C)(=O)=O)cc5)cc34)cc21. The number of nitrogens with zero attached hydrogens (tertiary/aromatic N) is 3. The summed E-state index contributed by atoms with van der Waals surface area (Å²) in [4.78, 5) is 36.3. The summed E-state index contributed by atoms with van der Waals surface area (Å²) in [7, 11) is -3.32. The molecule has 2 aliphatic rings. The second-order valence-corrected chi connectivity index (χ2v) is 13.7. The predicted molar refractivity (Wildman–Crippen MR) is 159 cm³/mol. The van der Waals surface area contributed by atoms with Crippen molar-refractivity contribution in [3.8, 4) is 11.8 Å². The summed E-state index contributed by atoms with van der Waals surface area (Å²) in [6.07, 6.45) is 4.63. The van der Waals surface area contributed by atoms with Crippen LogP contribution < -0.4 is 10.2 Å². The molecule has 4 aromatic rings. The molecule has 0 atom stereocenters. The molecular weight excluding hydrogens is 571 g/mol. The van der Waals surface area contributed by atoms with Gasteiger partial charge in [0.25, 0.3) is 0 Å². The van der Waals surface area contributed by atoms with Gasteiger partial charge in [0.05, 0.1) is 21.6 Å². The van der Waals surface area contributed by atoms with E-state index in [0.29, 0.717) is 41.0 Å². The van der Waals surface area contributed by atoms with E-state index in [4.69, 9.17) is 4.74 Å². The third kappa shape index (κ3) is 5.30. The van der Waals surface area contributed by atoms with Crippen LogP contribution in [-0.4, -0.2) is 42.2 Å². The first-order valence-corrected chi connectivity index (χ1v) is 15.4. The minimum absolute atomic E-state index is 0.00924. The van der Waals surface area contributed by atoms with Gasteiger partial charge < -0.3 is 10.1 Å². The summed E-state index contributed by atoms with van der Waals surface area (Å²) >= 11 is 0. The average Bonchev–Trinajstić information content (AvgIpc) is 3.70. The number of rotatable bonds is 3. The van der Waals surface area contributed by atoms with Crippen molar-refractivity contribution in [2.45, 2.75) is 49.5 Å². The number of benzene rings is 2. The number of carbonyl (C=O) groups is 2. The first-order chi connectivity index (χ1) is 20.2. The zero-order chi connectivity index (χ0) is 30.7.